The molecule has 0 spiro atoms. The lowest BCUT2D eigenvalue weighted by Gasteiger charge is -2.30. The summed E-state index contributed by atoms with van der Waals surface area (Å²) >= 11 is 0. The van der Waals surface area contributed by atoms with Crippen LogP contribution in [-0.2, 0) is 18.3 Å². The molecular formula is C19H29ClN4O. The second-order valence-electron chi connectivity index (χ2n) is 7.69. The van der Waals surface area contributed by atoms with Crippen molar-refractivity contribution >= 4 is 12.4 Å². The van der Waals surface area contributed by atoms with E-state index in [1.807, 2.05) is 0 Å². The van der Waals surface area contributed by atoms with E-state index in [-0.39, 0.29) is 23.9 Å². The first-order valence-corrected chi connectivity index (χ1v) is 8.76. The molecule has 0 bridgehead atoms. The van der Waals surface area contributed by atoms with Gasteiger partial charge in [-0.25, -0.2) is 0 Å². The molecule has 0 aliphatic carbocycles. The normalized spacial score (nSPS) is 18.8. The Morgan fingerprint density at radius 2 is 1.92 bits per heavy atom. The summed E-state index contributed by atoms with van der Waals surface area (Å²) in [6, 6.07) is 9.06. The molecule has 1 atom stereocenters. The summed E-state index contributed by atoms with van der Waals surface area (Å²) in [4.78, 5) is 6.87. The standard InChI is InChI=1S/C19H28N4O.ClH/c1-19(2,3)15-8-5-14(6-9-15)7-10-17-21-18(22-24-17)16-13-20-11-12-23(16)4;/h5-6,8-9,16,20H,7,10-13H2,1-4H3;1H. The maximum absolute atomic E-state index is 5.45. The first-order chi connectivity index (χ1) is 11.4. The zero-order valence-electron chi connectivity index (χ0n) is 15.6. The van der Waals surface area contributed by atoms with Crippen LogP contribution in [0.15, 0.2) is 28.8 Å². The second-order valence-corrected chi connectivity index (χ2v) is 7.69. The fraction of sp³-hybridized carbons (Fsp3) is 0.579. The molecule has 1 aromatic carbocycles. The van der Waals surface area contributed by atoms with Gasteiger partial charge in [0, 0.05) is 26.1 Å². The molecule has 1 saturated heterocycles. The van der Waals surface area contributed by atoms with E-state index in [9.17, 15) is 0 Å². The zero-order chi connectivity index (χ0) is 17.2. The number of nitrogens with zero attached hydrogens (tertiary/aromatic N) is 3. The molecule has 3 rings (SSSR count). The minimum Gasteiger partial charge on any atom is -0.339 e. The smallest absolute Gasteiger partial charge is 0.227 e. The van der Waals surface area contributed by atoms with E-state index in [1.165, 1.54) is 11.1 Å². The third kappa shape index (κ3) is 5.03. The van der Waals surface area contributed by atoms with Crippen molar-refractivity contribution in [1.82, 2.24) is 20.4 Å². The quantitative estimate of drug-likeness (QED) is 0.903. The Morgan fingerprint density at radius 1 is 1.20 bits per heavy atom. The van der Waals surface area contributed by atoms with Gasteiger partial charge in [-0.15, -0.1) is 12.4 Å². The largest absolute Gasteiger partial charge is 0.339 e. The third-order valence-electron chi connectivity index (χ3n) is 4.74. The number of nitrogens with one attached hydrogen (secondary N) is 1. The van der Waals surface area contributed by atoms with Crippen molar-refractivity contribution < 1.29 is 4.52 Å². The monoisotopic (exact) mass is 364 g/mol. The van der Waals surface area contributed by atoms with Crippen molar-refractivity contribution in [3.8, 4) is 0 Å². The van der Waals surface area contributed by atoms with Crippen LogP contribution in [0.2, 0.25) is 0 Å². The third-order valence-corrected chi connectivity index (χ3v) is 4.74. The van der Waals surface area contributed by atoms with Gasteiger partial charge >= 0.3 is 0 Å². The Kier molecular flexibility index (Phi) is 6.60. The summed E-state index contributed by atoms with van der Waals surface area (Å²) in [5, 5.41) is 7.57. The van der Waals surface area contributed by atoms with Crippen LogP contribution >= 0.6 is 12.4 Å². The first kappa shape index (κ1) is 19.9. The minimum atomic E-state index is 0. The molecule has 6 heteroatoms. The van der Waals surface area contributed by atoms with Crippen LogP contribution in [0.3, 0.4) is 0 Å². The molecule has 2 heterocycles. The Balaban J connectivity index is 0.00000225. The molecule has 1 unspecified atom stereocenters. The number of piperazine rings is 1. The zero-order valence-corrected chi connectivity index (χ0v) is 16.4. The van der Waals surface area contributed by atoms with Gasteiger partial charge in [-0.2, -0.15) is 4.98 Å². The fourth-order valence-corrected chi connectivity index (χ4v) is 3.02. The van der Waals surface area contributed by atoms with Crippen molar-refractivity contribution in [2.75, 3.05) is 26.7 Å². The highest BCUT2D eigenvalue weighted by Gasteiger charge is 2.25. The molecule has 1 N–H and O–H groups in total. The van der Waals surface area contributed by atoms with E-state index in [0.717, 1.165) is 44.2 Å². The van der Waals surface area contributed by atoms with Crippen LogP contribution in [0.4, 0.5) is 0 Å². The Labute approximate surface area is 156 Å². The van der Waals surface area contributed by atoms with Gasteiger partial charge in [0.2, 0.25) is 5.89 Å². The van der Waals surface area contributed by atoms with Crippen molar-refractivity contribution in [3.63, 3.8) is 0 Å². The Morgan fingerprint density at radius 3 is 2.56 bits per heavy atom. The van der Waals surface area contributed by atoms with E-state index >= 15 is 0 Å². The van der Waals surface area contributed by atoms with Gasteiger partial charge in [0.05, 0.1) is 6.04 Å². The average molecular weight is 365 g/mol. The number of halogens is 1. The average Bonchev–Trinajstić information content (AvgIpc) is 3.02. The fourth-order valence-electron chi connectivity index (χ4n) is 3.02. The molecule has 138 valence electrons. The SMILES string of the molecule is CN1CCNCC1c1noc(CCc2ccc(C(C)(C)C)cc2)n1.Cl. The molecule has 1 aromatic heterocycles. The molecule has 0 saturated carbocycles. The van der Waals surface area contributed by atoms with Gasteiger partial charge < -0.3 is 9.84 Å². The van der Waals surface area contributed by atoms with Crippen LogP contribution in [-0.4, -0.2) is 41.7 Å². The van der Waals surface area contributed by atoms with Crippen LogP contribution < -0.4 is 5.32 Å². The van der Waals surface area contributed by atoms with E-state index in [0.29, 0.717) is 0 Å². The van der Waals surface area contributed by atoms with E-state index in [4.69, 9.17) is 4.52 Å². The lowest BCUT2D eigenvalue weighted by molar-refractivity contribution is 0.190. The molecule has 1 aliphatic heterocycles. The number of hydrogen-bond acceptors (Lipinski definition) is 5. The summed E-state index contributed by atoms with van der Waals surface area (Å²) in [6.45, 7) is 9.61. The van der Waals surface area contributed by atoms with Crippen LogP contribution in [0.1, 0.15) is 49.7 Å². The van der Waals surface area contributed by atoms with Crippen molar-refractivity contribution in [3.05, 3.63) is 47.1 Å². The lowest BCUT2D eigenvalue weighted by atomic mass is 9.86. The number of likely N-dealkylation sites (N-methyl/N-ethyl adjacent to an activating group) is 1. The van der Waals surface area contributed by atoms with Gasteiger partial charge in [-0.3, -0.25) is 4.90 Å². The molecule has 25 heavy (non-hydrogen) atoms. The summed E-state index contributed by atoms with van der Waals surface area (Å²) in [5.74, 6) is 1.52. The van der Waals surface area contributed by atoms with E-state index in [2.05, 4.69) is 72.4 Å². The Hall–Kier alpha value is -1.43. The van der Waals surface area contributed by atoms with Gasteiger partial charge in [0.15, 0.2) is 5.82 Å². The predicted octanol–water partition coefficient (Wildman–Crippen LogP) is 3.15. The number of rotatable bonds is 4. The molecule has 2 aromatic rings. The van der Waals surface area contributed by atoms with Crippen LogP contribution in [0.5, 0.6) is 0 Å². The maximum atomic E-state index is 5.45. The Bertz CT molecular complexity index is 663. The number of aromatic nitrogens is 2. The highest BCUT2D eigenvalue weighted by molar-refractivity contribution is 5.85. The first-order valence-electron chi connectivity index (χ1n) is 8.76. The van der Waals surface area contributed by atoms with Gasteiger partial charge in [-0.1, -0.05) is 50.2 Å². The minimum absolute atomic E-state index is 0. The van der Waals surface area contributed by atoms with E-state index in [1.54, 1.807) is 0 Å². The van der Waals surface area contributed by atoms with E-state index < -0.39 is 0 Å². The van der Waals surface area contributed by atoms with Gasteiger partial charge in [-0.05, 0) is 30.0 Å². The summed E-state index contributed by atoms with van der Waals surface area (Å²) in [5.41, 5.74) is 2.86. The molecule has 1 aliphatic rings. The highest BCUT2D eigenvalue weighted by atomic mass is 35.5. The lowest BCUT2D eigenvalue weighted by Crippen LogP contribution is -2.44. The van der Waals surface area contributed by atoms with Crippen molar-refractivity contribution in [2.45, 2.75) is 45.1 Å². The number of hydrogen-bond donors (Lipinski definition) is 1. The molecule has 5 nitrogen and oxygen atoms in total. The maximum Gasteiger partial charge on any atom is 0.227 e. The predicted molar refractivity (Wildman–Crippen MR) is 102 cm³/mol. The molecule has 0 radical (unpaired) electrons. The summed E-state index contributed by atoms with van der Waals surface area (Å²) in [6.07, 6.45) is 1.70. The summed E-state index contributed by atoms with van der Waals surface area (Å²) < 4.78 is 5.45. The van der Waals surface area contributed by atoms with Gasteiger partial charge in [0.1, 0.15) is 0 Å². The number of benzene rings is 1. The molecule has 1 fully saturated rings. The highest BCUT2D eigenvalue weighted by Crippen LogP contribution is 2.23. The number of aryl methyl sites for hydroxylation is 2. The van der Waals surface area contributed by atoms with Crippen LogP contribution in [0, 0.1) is 0 Å². The summed E-state index contributed by atoms with van der Waals surface area (Å²) in [7, 11) is 2.11. The van der Waals surface area contributed by atoms with Gasteiger partial charge in [0.25, 0.3) is 0 Å². The molecule has 0 amide bonds. The van der Waals surface area contributed by atoms with Crippen molar-refractivity contribution in [1.29, 1.82) is 0 Å². The second kappa shape index (κ2) is 8.30. The molecular weight excluding hydrogens is 336 g/mol. The van der Waals surface area contributed by atoms with Crippen LogP contribution in [0.25, 0.3) is 0 Å². The van der Waals surface area contributed by atoms with Crippen molar-refractivity contribution in [2.24, 2.45) is 0 Å². The topological polar surface area (TPSA) is 54.2 Å².